The van der Waals surface area contributed by atoms with Crippen molar-refractivity contribution in [1.29, 1.82) is 0 Å². The maximum absolute atomic E-state index is 12.5. The maximum Gasteiger partial charge on any atom is 0.241 e. The number of hydrogen-bond acceptors (Lipinski definition) is 5. The van der Waals surface area contributed by atoms with Crippen LogP contribution in [-0.2, 0) is 21.4 Å². The molecule has 2 rings (SSSR count). The molecule has 0 radical (unpaired) electrons. The summed E-state index contributed by atoms with van der Waals surface area (Å²) >= 11 is 0. The lowest BCUT2D eigenvalue weighted by molar-refractivity contribution is -0.119. The SMILES string of the molecule is CC(C)Oc1cccc(CNC(=O)CN(c2cccc(OC(C)C)c2)S(C)(=O)=O)c1. The second-order valence-electron chi connectivity index (χ2n) is 7.52. The fourth-order valence-corrected chi connectivity index (χ4v) is 3.62. The predicted molar refractivity (Wildman–Crippen MR) is 118 cm³/mol. The van der Waals surface area contributed by atoms with Crippen molar-refractivity contribution in [3.8, 4) is 11.5 Å². The first-order valence-electron chi connectivity index (χ1n) is 9.81. The lowest BCUT2D eigenvalue weighted by Gasteiger charge is -2.23. The van der Waals surface area contributed by atoms with Crippen molar-refractivity contribution >= 4 is 21.6 Å². The average Bonchev–Trinajstić information content (AvgIpc) is 2.63. The van der Waals surface area contributed by atoms with Crippen LogP contribution in [0.1, 0.15) is 33.3 Å². The maximum atomic E-state index is 12.5. The molecule has 30 heavy (non-hydrogen) atoms. The van der Waals surface area contributed by atoms with E-state index in [4.69, 9.17) is 9.47 Å². The van der Waals surface area contributed by atoms with Gasteiger partial charge in [0.05, 0.1) is 24.2 Å². The van der Waals surface area contributed by atoms with Crippen LogP contribution in [0.2, 0.25) is 0 Å². The zero-order chi connectivity index (χ0) is 22.3. The minimum absolute atomic E-state index is 0.0496. The Labute approximate surface area is 179 Å². The first kappa shape index (κ1) is 23.5. The third-order valence-corrected chi connectivity index (χ3v) is 5.07. The minimum atomic E-state index is -3.66. The Kier molecular flexibility index (Phi) is 8.11. The van der Waals surface area contributed by atoms with Gasteiger partial charge in [-0.2, -0.15) is 0 Å². The molecule has 0 heterocycles. The topological polar surface area (TPSA) is 84.9 Å². The van der Waals surface area contributed by atoms with Gasteiger partial charge in [-0.25, -0.2) is 8.42 Å². The van der Waals surface area contributed by atoms with E-state index >= 15 is 0 Å². The number of sulfonamides is 1. The number of hydrogen-bond donors (Lipinski definition) is 1. The van der Waals surface area contributed by atoms with Crippen molar-refractivity contribution < 1.29 is 22.7 Å². The van der Waals surface area contributed by atoms with E-state index in [-0.39, 0.29) is 25.3 Å². The molecule has 1 N–H and O–H groups in total. The van der Waals surface area contributed by atoms with Crippen LogP contribution >= 0.6 is 0 Å². The Morgan fingerprint density at radius 2 is 1.53 bits per heavy atom. The standard InChI is InChI=1S/C22H30N2O5S/c1-16(2)28-20-10-6-8-18(12-20)14-23-22(25)15-24(30(5,26)27)19-9-7-11-21(13-19)29-17(3)4/h6-13,16-17H,14-15H2,1-5H3,(H,23,25). The molecule has 0 atom stereocenters. The van der Waals surface area contributed by atoms with E-state index in [1.807, 2.05) is 52.0 Å². The van der Waals surface area contributed by atoms with Gasteiger partial charge in [0.2, 0.25) is 15.9 Å². The molecule has 1 amide bonds. The highest BCUT2D eigenvalue weighted by molar-refractivity contribution is 7.92. The Balaban J connectivity index is 2.08. The molecule has 0 spiro atoms. The van der Waals surface area contributed by atoms with Gasteiger partial charge in [-0.05, 0) is 57.5 Å². The van der Waals surface area contributed by atoms with Gasteiger partial charge in [0.1, 0.15) is 18.0 Å². The monoisotopic (exact) mass is 434 g/mol. The van der Waals surface area contributed by atoms with Gasteiger partial charge in [0.25, 0.3) is 0 Å². The van der Waals surface area contributed by atoms with E-state index in [1.54, 1.807) is 24.3 Å². The van der Waals surface area contributed by atoms with E-state index in [0.717, 1.165) is 21.9 Å². The van der Waals surface area contributed by atoms with Gasteiger partial charge in [0.15, 0.2) is 0 Å². The smallest absolute Gasteiger partial charge is 0.241 e. The molecule has 0 aliphatic carbocycles. The third kappa shape index (κ3) is 7.59. The van der Waals surface area contributed by atoms with Crippen molar-refractivity contribution in [3.05, 3.63) is 54.1 Å². The molecule has 2 aromatic rings. The van der Waals surface area contributed by atoms with Crippen molar-refractivity contribution in [2.24, 2.45) is 0 Å². The summed E-state index contributed by atoms with van der Waals surface area (Å²) in [6.07, 6.45) is 1.07. The van der Waals surface area contributed by atoms with Gasteiger partial charge < -0.3 is 14.8 Å². The zero-order valence-corrected chi connectivity index (χ0v) is 18.9. The summed E-state index contributed by atoms with van der Waals surface area (Å²) in [5, 5.41) is 2.77. The normalized spacial score (nSPS) is 11.4. The lowest BCUT2D eigenvalue weighted by atomic mass is 10.2. The van der Waals surface area contributed by atoms with E-state index in [0.29, 0.717) is 11.4 Å². The van der Waals surface area contributed by atoms with Crippen molar-refractivity contribution in [1.82, 2.24) is 5.32 Å². The predicted octanol–water partition coefficient (Wildman–Crippen LogP) is 3.34. The van der Waals surface area contributed by atoms with Gasteiger partial charge in [-0.3, -0.25) is 9.10 Å². The Morgan fingerprint density at radius 1 is 0.967 bits per heavy atom. The van der Waals surface area contributed by atoms with E-state index < -0.39 is 15.9 Å². The summed E-state index contributed by atoms with van der Waals surface area (Å²) in [5.74, 6) is 0.848. The molecule has 0 fully saturated rings. The number of nitrogens with one attached hydrogen (secondary N) is 1. The molecule has 8 heteroatoms. The number of amides is 1. The Hall–Kier alpha value is -2.74. The lowest BCUT2D eigenvalue weighted by Crippen LogP contribution is -2.40. The molecule has 0 bridgehead atoms. The molecular weight excluding hydrogens is 404 g/mol. The second kappa shape index (κ2) is 10.3. The summed E-state index contributed by atoms with van der Waals surface area (Å²) < 4.78 is 37.0. The van der Waals surface area contributed by atoms with Gasteiger partial charge in [-0.1, -0.05) is 18.2 Å². The van der Waals surface area contributed by atoms with E-state index in [9.17, 15) is 13.2 Å². The van der Waals surface area contributed by atoms with Crippen LogP contribution in [0, 0.1) is 0 Å². The Bertz CT molecular complexity index is 958. The molecule has 2 aromatic carbocycles. The van der Waals surface area contributed by atoms with Crippen LogP contribution in [0.25, 0.3) is 0 Å². The summed E-state index contributed by atoms with van der Waals surface area (Å²) in [6.45, 7) is 7.59. The van der Waals surface area contributed by atoms with E-state index in [1.165, 1.54) is 0 Å². The quantitative estimate of drug-likeness (QED) is 0.620. The summed E-state index contributed by atoms with van der Waals surface area (Å²) in [5.41, 5.74) is 1.23. The molecule has 7 nitrogen and oxygen atoms in total. The van der Waals surface area contributed by atoms with E-state index in [2.05, 4.69) is 5.32 Å². The number of rotatable bonds is 10. The van der Waals surface area contributed by atoms with Crippen LogP contribution in [0.3, 0.4) is 0 Å². The third-order valence-electron chi connectivity index (χ3n) is 3.92. The molecule has 0 aliphatic rings. The molecular formula is C22H30N2O5S. The summed E-state index contributed by atoms with van der Waals surface area (Å²) in [6, 6.07) is 14.1. The molecule has 0 saturated carbocycles. The van der Waals surface area contributed by atoms with Crippen molar-refractivity contribution in [2.45, 2.75) is 46.4 Å². The molecule has 0 aromatic heterocycles. The highest BCUT2D eigenvalue weighted by atomic mass is 32.2. The van der Waals surface area contributed by atoms with Gasteiger partial charge >= 0.3 is 0 Å². The second-order valence-corrected chi connectivity index (χ2v) is 9.43. The fourth-order valence-electron chi connectivity index (χ4n) is 2.77. The van der Waals surface area contributed by atoms with Crippen molar-refractivity contribution in [2.75, 3.05) is 17.1 Å². The summed E-state index contributed by atoms with van der Waals surface area (Å²) in [4.78, 5) is 12.5. The molecule has 0 saturated heterocycles. The number of nitrogens with zero attached hydrogens (tertiary/aromatic N) is 1. The van der Waals surface area contributed by atoms with Crippen LogP contribution < -0.4 is 19.1 Å². The number of benzene rings is 2. The van der Waals surface area contributed by atoms with Crippen LogP contribution in [-0.4, -0.2) is 39.3 Å². The first-order chi connectivity index (χ1) is 14.0. The molecule has 164 valence electrons. The largest absolute Gasteiger partial charge is 0.491 e. The highest BCUT2D eigenvalue weighted by Crippen LogP contribution is 2.24. The molecule has 0 unspecified atom stereocenters. The average molecular weight is 435 g/mol. The number of carbonyl (C=O) groups is 1. The van der Waals surface area contributed by atoms with Crippen LogP contribution in [0.15, 0.2) is 48.5 Å². The summed E-state index contributed by atoms with van der Waals surface area (Å²) in [7, 11) is -3.66. The number of anilines is 1. The minimum Gasteiger partial charge on any atom is -0.491 e. The zero-order valence-electron chi connectivity index (χ0n) is 18.1. The number of ether oxygens (including phenoxy) is 2. The van der Waals surface area contributed by atoms with Crippen molar-refractivity contribution in [3.63, 3.8) is 0 Å². The number of carbonyl (C=O) groups excluding carboxylic acids is 1. The fraction of sp³-hybridized carbons (Fsp3) is 0.409. The van der Waals surface area contributed by atoms with Gasteiger partial charge in [-0.15, -0.1) is 0 Å². The van der Waals surface area contributed by atoms with Crippen LogP contribution in [0.4, 0.5) is 5.69 Å². The molecule has 0 aliphatic heterocycles. The highest BCUT2D eigenvalue weighted by Gasteiger charge is 2.21. The van der Waals surface area contributed by atoms with Gasteiger partial charge in [0, 0.05) is 12.6 Å². The Morgan fingerprint density at radius 3 is 2.10 bits per heavy atom. The first-order valence-corrected chi connectivity index (χ1v) is 11.7. The van der Waals surface area contributed by atoms with Crippen LogP contribution in [0.5, 0.6) is 11.5 Å².